The van der Waals surface area contributed by atoms with Gasteiger partial charge in [-0.25, -0.2) is 0 Å². The highest BCUT2D eigenvalue weighted by molar-refractivity contribution is 5.92. The summed E-state index contributed by atoms with van der Waals surface area (Å²) in [5.41, 5.74) is 0.703. The van der Waals surface area contributed by atoms with Crippen LogP contribution in [0.3, 0.4) is 0 Å². The average molecular weight is 209 g/mol. The standard InChI is InChI=1S/C11H19N3O/c1-4-13(2)9-7-12-11(15)10-6-5-8-14(10)3/h5-6,8H,4,7,9H2,1-3H3,(H,12,15). The van der Waals surface area contributed by atoms with Crippen molar-refractivity contribution in [2.75, 3.05) is 26.7 Å². The molecular formula is C11H19N3O. The van der Waals surface area contributed by atoms with E-state index in [1.807, 2.05) is 37.0 Å². The minimum absolute atomic E-state index is 0.00740. The second-order valence-corrected chi connectivity index (χ2v) is 3.66. The van der Waals surface area contributed by atoms with Crippen LogP contribution in [0.15, 0.2) is 18.3 Å². The van der Waals surface area contributed by atoms with Crippen molar-refractivity contribution in [1.29, 1.82) is 0 Å². The van der Waals surface area contributed by atoms with Crippen LogP contribution in [-0.4, -0.2) is 42.1 Å². The Morgan fingerprint density at radius 2 is 2.33 bits per heavy atom. The third-order valence-electron chi connectivity index (χ3n) is 2.50. The van der Waals surface area contributed by atoms with Crippen LogP contribution < -0.4 is 5.32 Å². The van der Waals surface area contributed by atoms with E-state index in [1.54, 1.807) is 0 Å². The van der Waals surface area contributed by atoms with Gasteiger partial charge in [0.25, 0.3) is 5.91 Å². The fraction of sp³-hybridized carbons (Fsp3) is 0.545. The SMILES string of the molecule is CCN(C)CCNC(=O)c1cccn1C. The van der Waals surface area contributed by atoms with Crippen LogP contribution in [0.1, 0.15) is 17.4 Å². The maximum Gasteiger partial charge on any atom is 0.267 e. The maximum atomic E-state index is 11.6. The van der Waals surface area contributed by atoms with Crippen molar-refractivity contribution in [3.63, 3.8) is 0 Å². The zero-order chi connectivity index (χ0) is 11.3. The van der Waals surface area contributed by atoms with E-state index < -0.39 is 0 Å². The smallest absolute Gasteiger partial charge is 0.267 e. The fourth-order valence-corrected chi connectivity index (χ4v) is 1.31. The van der Waals surface area contributed by atoms with E-state index in [9.17, 15) is 4.79 Å². The van der Waals surface area contributed by atoms with E-state index in [0.29, 0.717) is 12.2 Å². The molecule has 4 nitrogen and oxygen atoms in total. The normalized spacial score (nSPS) is 10.7. The van der Waals surface area contributed by atoms with Gasteiger partial charge in [0.1, 0.15) is 5.69 Å². The molecule has 0 aliphatic rings. The molecule has 1 N–H and O–H groups in total. The molecule has 84 valence electrons. The lowest BCUT2D eigenvalue weighted by molar-refractivity contribution is 0.0942. The predicted octanol–water partition coefficient (Wildman–Crippen LogP) is 0.707. The number of carbonyl (C=O) groups excluding carboxylic acids is 1. The van der Waals surface area contributed by atoms with Crippen molar-refractivity contribution < 1.29 is 4.79 Å². The second kappa shape index (κ2) is 5.56. The quantitative estimate of drug-likeness (QED) is 0.775. The highest BCUT2D eigenvalue weighted by atomic mass is 16.1. The third-order valence-corrected chi connectivity index (χ3v) is 2.50. The van der Waals surface area contributed by atoms with E-state index in [-0.39, 0.29) is 5.91 Å². The van der Waals surface area contributed by atoms with Gasteiger partial charge >= 0.3 is 0 Å². The predicted molar refractivity (Wildman–Crippen MR) is 60.9 cm³/mol. The Labute approximate surface area is 90.9 Å². The first-order valence-electron chi connectivity index (χ1n) is 5.23. The number of amides is 1. The largest absolute Gasteiger partial charge is 0.349 e. The van der Waals surface area contributed by atoms with Crippen molar-refractivity contribution in [1.82, 2.24) is 14.8 Å². The number of aryl methyl sites for hydroxylation is 1. The summed E-state index contributed by atoms with van der Waals surface area (Å²) < 4.78 is 1.82. The van der Waals surface area contributed by atoms with Gasteiger partial charge < -0.3 is 14.8 Å². The average Bonchev–Trinajstić information content (AvgIpc) is 2.64. The molecule has 0 bridgehead atoms. The summed E-state index contributed by atoms with van der Waals surface area (Å²) in [4.78, 5) is 13.8. The zero-order valence-corrected chi connectivity index (χ0v) is 9.66. The summed E-state index contributed by atoms with van der Waals surface area (Å²) in [6.45, 7) is 4.67. The van der Waals surface area contributed by atoms with Crippen LogP contribution in [0.25, 0.3) is 0 Å². The minimum Gasteiger partial charge on any atom is -0.349 e. The molecular weight excluding hydrogens is 190 g/mol. The summed E-state index contributed by atoms with van der Waals surface area (Å²) in [5, 5.41) is 2.89. The summed E-state index contributed by atoms with van der Waals surface area (Å²) >= 11 is 0. The number of rotatable bonds is 5. The molecule has 0 saturated heterocycles. The Kier molecular flexibility index (Phi) is 4.37. The number of likely N-dealkylation sites (N-methyl/N-ethyl adjacent to an activating group) is 1. The molecule has 15 heavy (non-hydrogen) atoms. The van der Waals surface area contributed by atoms with Crippen LogP contribution in [0.4, 0.5) is 0 Å². The Morgan fingerprint density at radius 3 is 2.87 bits per heavy atom. The summed E-state index contributed by atoms with van der Waals surface area (Å²) in [6, 6.07) is 3.69. The Hall–Kier alpha value is -1.29. The molecule has 4 heteroatoms. The topological polar surface area (TPSA) is 37.3 Å². The van der Waals surface area contributed by atoms with Gasteiger partial charge in [0.2, 0.25) is 0 Å². The highest BCUT2D eigenvalue weighted by Crippen LogP contribution is 1.98. The lowest BCUT2D eigenvalue weighted by Gasteiger charge is -2.14. The monoisotopic (exact) mass is 209 g/mol. The molecule has 0 radical (unpaired) electrons. The molecule has 0 atom stereocenters. The third kappa shape index (κ3) is 3.40. The van der Waals surface area contributed by atoms with Gasteiger partial charge in [-0.2, -0.15) is 0 Å². The molecule has 1 amide bonds. The van der Waals surface area contributed by atoms with Crippen molar-refractivity contribution in [3.05, 3.63) is 24.0 Å². The van der Waals surface area contributed by atoms with E-state index in [0.717, 1.165) is 13.1 Å². The Morgan fingerprint density at radius 1 is 1.60 bits per heavy atom. The fourth-order valence-electron chi connectivity index (χ4n) is 1.31. The van der Waals surface area contributed by atoms with Crippen molar-refractivity contribution in [2.24, 2.45) is 7.05 Å². The van der Waals surface area contributed by atoms with Gasteiger partial charge in [-0.15, -0.1) is 0 Å². The number of hydrogen-bond acceptors (Lipinski definition) is 2. The first-order chi connectivity index (χ1) is 7.15. The molecule has 0 fully saturated rings. The molecule has 1 rings (SSSR count). The van der Waals surface area contributed by atoms with E-state index >= 15 is 0 Å². The molecule has 1 aromatic rings. The maximum absolute atomic E-state index is 11.6. The summed E-state index contributed by atoms with van der Waals surface area (Å²) in [6.07, 6.45) is 1.87. The van der Waals surface area contributed by atoms with Crippen LogP contribution >= 0.6 is 0 Å². The van der Waals surface area contributed by atoms with E-state index in [2.05, 4.69) is 17.1 Å². The molecule has 1 heterocycles. The first kappa shape index (κ1) is 11.8. The molecule has 1 aromatic heterocycles. The molecule has 0 unspecified atom stereocenters. The van der Waals surface area contributed by atoms with E-state index in [4.69, 9.17) is 0 Å². The van der Waals surface area contributed by atoms with Crippen LogP contribution in [0.5, 0.6) is 0 Å². The highest BCUT2D eigenvalue weighted by Gasteiger charge is 2.07. The Balaban J connectivity index is 2.34. The number of hydrogen-bond donors (Lipinski definition) is 1. The van der Waals surface area contributed by atoms with E-state index in [1.165, 1.54) is 0 Å². The summed E-state index contributed by atoms with van der Waals surface area (Å²) in [5.74, 6) is -0.00740. The Bertz CT molecular complexity index is 319. The van der Waals surface area contributed by atoms with Crippen molar-refractivity contribution >= 4 is 5.91 Å². The van der Waals surface area contributed by atoms with Gasteiger partial charge in [0.05, 0.1) is 0 Å². The van der Waals surface area contributed by atoms with Crippen molar-refractivity contribution in [3.8, 4) is 0 Å². The summed E-state index contributed by atoms with van der Waals surface area (Å²) in [7, 11) is 3.90. The number of aromatic nitrogens is 1. The van der Waals surface area contributed by atoms with Gasteiger partial charge in [-0.1, -0.05) is 6.92 Å². The molecule has 0 saturated carbocycles. The van der Waals surface area contributed by atoms with Gasteiger partial charge in [0.15, 0.2) is 0 Å². The lowest BCUT2D eigenvalue weighted by Crippen LogP contribution is -2.33. The number of nitrogens with zero attached hydrogens (tertiary/aromatic N) is 2. The number of carbonyl (C=O) groups is 1. The van der Waals surface area contributed by atoms with Gasteiger partial charge in [0, 0.05) is 26.3 Å². The van der Waals surface area contributed by atoms with Gasteiger partial charge in [-0.3, -0.25) is 4.79 Å². The first-order valence-corrected chi connectivity index (χ1v) is 5.23. The molecule has 0 aliphatic heterocycles. The molecule has 0 aliphatic carbocycles. The lowest BCUT2D eigenvalue weighted by atomic mass is 10.4. The molecule has 0 spiro atoms. The zero-order valence-electron chi connectivity index (χ0n) is 9.66. The van der Waals surface area contributed by atoms with Crippen molar-refractivity contribution in [2.45, 2.75) is 6.92 Å². The second-order valence-electron chi connectivity index (χ2n) is 3.66. The number of nitrogens with one attached hydrogen (secondary N) is 1. The van der Waals surface area contributed by atoms with Crippen LogP contribution in [0, 0.1) is 0 Å². The van der Waals surface area contributed by atoms with Gasteiger partial charge in [-0.05, 0) is 25.7 Å². The van der Waals surface area contributed by atoms with Crippen LogP contribution in [-0.2, 0) is 7.05 Å². The molecule has 0 aromatic carbocycles. The minimum atomic E-state index is -0.00740. The van der Waals surface area contributed by atoms with Crippen LogP contribution in [0.2, 0.25) is 0 Å².